The van der Waals surface area contributed by atoms with Crippen LogP contribution >= 0.6 is 0 Å². The highest BCUT2D eigenvalue weighted by Crippen LogP contribution is 2.42. The highest BCUT2D eigenvalue weighted by molar-refractivity contribution is 6.10. The van der Waals surface area contributed by atoms with E-state index < -0.39 is 11.9 Å². The van der Waals surface area contributed by atoms with Gasteiger partial charge in [0.1, 0.15) is 23.1 Å². The topological polar surface area (TPSA) is 114 Å². The minimum absolute atomic E-state index is 0.0869. The van der Waals surface area contributed by atoms with Gasteiger partial charge in [-0.3, -0.25) is 14.8 Å². The predicted octanol–water partition coefficient (Wildman–Crippen LogP) is 5.31. The van der Waals surface area contributed by atoms with E-state index in [0.717, 1.165) is 25.7 Å². The fourth-order valence-electron chi connectivity index (χ4n) is 5.44. The molecule has 1 fully saturated rings. The summed E-state index contributed by atoms with van der Waals surface area (Å²) < 4.78 is 14.2. The number of amides is 1. The van der Waals surface area contributed by atoms with Crippen LogP contribution in [0, 0.1) is 17.1 Å². The minimum atomic E-state index is -0.449. The van der Waals surface area contributed by atoms with Crippen LogP contribution in [0.15, 0.2) is 48.8 Å². The second-order valence-corrected chi connectivity index (χ2v) is 9.49. The Balaban J connectivity index is 1.46. The Hall–Kier alpha value is -4.52. The molecule has 2 aliphatic rings. The van der Waals surface area contributed by atoms with Crippen LogP contribution in [0.4, 0.5) is 33.2 Å². The number of fused-ring (bicyclic) bond motifs is 2. The van der Waals surface area contributed by atoms with Crippen molar-refractivity contribution < 1.29 is 9.18 Å². The van der Waals surface area contributed by atoms with Gasteiger partial charge in [0.15, 0.2) is 5.82 Å². The van der Waals surface area contributed by atoms with Gasteiger partial charge in [0.2, 0.25) is 5.95 Å². The van der Waals surface area contributed by atoms with Crippen LogP contribution in [0.3, 0.4) is 0 Å². The fraction of sp³-hybridized carbons (Fsp3) is 0.296. The highest BCUT2D eigenvalue weighted by Gasteiger charge is 2.41. The summed E-state index contributed by atoms with van der Waals surface area (Å²) in [6, 6.07) is 11.9. The zero-order valence-electron chi connectivity index (χ0n) is 20.3. The molecule has 1 amide bonds. The van der Waals surface area contributed by atoms with Crippen molar-refractivity contribution in [2.75, 3.05) is 15.1 Å². The summed E-state index contributed by atoms with van der Waals surface area (Å²) >= 11 is 0. The molecule has 9 nitrogen and oxygen atoms in total. The number of carbonyl (C=O) groups is 1. The third-order valence-corrected chi connectivity index (χ3v) is 7.24. The number of nitrogens with zero attached hydrogens (tertiary/aromatic N) is 6. The molecule has 37 heavy (non-hydrogen) atoms. The second-order valence-electron chi connectivity index (χ2n) is 9.49. The van der Waals surface area contributed by atoms with Crippen LogP contribution in [0.25, 0.3) is 10.9 Å². The fourth-order valence-corrected chi connectivity index (χ4v) is 5.44. The van der Waals surface area contributed by atoms with E-state index in [1.54, 1.807) is 41.6 Å². The van der Waals surface area contributed by atoms with E-state index in [1.165, 1.54) is 12.5 Å². The third-order valence-electron chi connectivity index (χ3n) is 7.24. The third kappa shape index (κ3) is 3.93. The van der Waals surface area contributed by atoms with Crippen LogP contribution in [0.2, 0.25) is 0 Å². The molecule has 1 aliphatic heterocycles. The maximum absolute atomic E-state index is 14.2. The van der Waals surface area contributed by atoms with Gasteiger partial charge in [0.05, 0.1) is 35.4 Å². The zero-order chi connectivity index (χ0) is 25.5. The van der Waals surface area contributed by atoms with E-state index in [0.29, 0.717) is 45.3 Å². The first-order valence-electron chi connectivity index (χ1n) is 12.4. The SMILES string of the molecule is C[C@@H]1C(=O)N(c2cccc(C#N)c2)c2cnc(Nc3ccc(F)c4[nH]ncc34)nc2N1C1CCCCC1. The summed E-state index contributed by atoms with van der Waals surface area (Å²) in [6.07, 6.45) is 8.57. The number of halogens is 1. The molecule has 0 unspecified atom stereocenters. The molecule has 0 radical (unpaired) electrons. The van der Waals surface area contributed by atoms with E-state index in [1.807, 2.05) is 13.0 Å². The molecule has 1 aliphatic carbocycles. The molecule has 0 saturated heterocycles. The van der Waals surface area contributed by atoms with Crippen molar-refractivity contribution in [1.82, 2.24) is 20.2 Å². The Labute approximate surface area is 212 Å². The number of hydrogen-bond acceptors (Lipinski definition) is 7. The number of carbonyl (C=O) groups excluding carboxylic acids is 1. The van der Waals surface area contributed by atoms with Gasteiger partial charge in [-0.1, -0.05) is 25.3 Å². The summed E-state index contributed by atoms with van der Waals surface area (Å²) in [6.45, 7) is 1.91. The molecule has 2 N–H and O–H groups in total. The van der Waals surface area contributed by atoms with Gasteiger partial charge < -0.3 is 10.2 Å². The van der Waals surface area contributed by atoms with Gasteiger partial charge in [-0.05, 0) is 50.1 Å². The van der Waals surface area contributed by atoms with Gasteiger partial charge in [0, 0.05) is 11.4 Å². The normalized spacial score (nSPS) is 18.1. The van der Waals surface area contributed by atoms with E-state index in [4.69, 9.17) is 4.98 Å². The van der Waals surface area contributed by atoms with E-state index in [9.17, 15) is 14.4 Å². The Morgan fingerprint density at radius 3 is 2.81 bits per heavy atom. The second kappa shape index (κ2) is 9.17. The number of nitriles is 1. The monoisotopic (exact) mass is 496 g/mol. The van der Waals surface area contributed by atoms with Crippen LogP contribution < -0.4 is 15.1 Å². The molecule has 186 valence electrons. The summed E-state index contributed by atoms with van der Waals surface area (Å²) in [5.41, 5.74) is 2.56. The molecule has 3 heterocycles. The minimum Gasteiger partial charge on any atom is -0.340 e. The Morgan fingerprint density at radius 2 is 2.00 bits per heavy atom. The van der Waals surface area contributed by atoms with E-state index in [2.05, 4.69) is 31.5 Å². The molecule has 0 spiro atoms. The predicted molar refractivity (Wildman–Crippen MR) is 138 cm³/mol. The maximum atomic E-state index is 14.2. The van der Waals surface area contributed by atoms with Gasteiger partial charge in [-0.2, -0.15) is 15.3 Å². The number of hydrogen-bond donors (Lipinski definition) is 2. The van der Waals surface area contributed by atoms with Crippen LogP contribution in [0.1, 0.15) is 44.6 Å². The molecule has 4 aromatic rings. The van der Waals surface area contributed by atoms with Crippen LogP contribution in [-0.2, 0) is 4.79 Å². The molecule has 0 bridgehead atoms. The van der Waals surface area contributed by atoms with Gasteiger partial charge in [-0.15, -0.1) is 0 Å². The summed E-state index contributed by atoms with van der Waals surface area (Å²) in [5.74, 6) is 0.511. The van der Waals surface area contributed by atoms with Crippen LogP contribution in [-0.4, -0.2) is 38.2 Å². The highest BCUT2D eigenvalue weighted by atomic mass is 19.1. The van der Waals surface area contributed by atoms with Crippen LogP contribution in [0.5, 0.6) is 0 Å². The quantitative estimate of drug-likeness (QED) is 0.393. The molecule has 10 heteroatoms. The smallest absolute Gasteiger partial charge is 0.254 e. The first-order chi connectivity index (χ1) is 18.0. The lowest BCUT2D eigenvalue weighted by Gasteiger charge is -2.45. The number of benzene rings is 2. The maximum Gasteiger partial charge on any atom is 0.254 e. The van der Waals surface area contributed by atoms with E-state index in [-0.39, 0.29) is 11.9 Å². The average molecular weight is 497 g/mol. The molecule has 2 aromatic carbocycles. The lowest BCUT2D eigenvalue weighted by molar-refractivity contribution is -0.119. The lowest BCUT2D eigenvalue weighted by atomic mass is 9.92. The van der Waals surface area contributed by atoms with Crippen molar-refractivity contribution in [3.8, 4) is 6.07 Å². The van der Waals surface area contributed by atoms with Crippen molar-refractivity contribution in [2.24, 2.45) is 0 Å². The van der Waals surface area contributed by atoms with E-state index >= 15 is 0 Å². The van der Waals surface area contributed by atoms with Crippen molar-refractivity contribution in [1.29, 1.82) is 5.26 Å². The summed E-state index contributed by atoms with van der Waals surface area (Å²) in [7, 11) is 0. The first kappa shape index (κ1) is 22.9. The van der Waals surface area contributed by atoms with Gasteiger partial charge >= 0.3 is 0 Å². The summed E-state index contributed by atoms with van der Waals surface area (Å²) in [4.78, 5) is 26.9. The van der Waals surface area contributed by atoms with Crippen molar-refractivity contribution in [3.05, 3.63) is 60.2 Å². The molecule has 1 saturated carbocycles. The molecule has 1 atom stereocenters. The van der Waals surface area contributed by atoms with Crippen molar-refractivity contribution in [3.63, 3.8) is 0 Å². The first-order valence-corrected chi connectivity index (χ1v) is 12.4. The Bertz CT molecular complexity index is 1540. The lowest BCUT2D eigenvalue weighted by Crippen LogP contribution is -2.55. The van der Waals surface area contributed by atoms with Crippen molar-refractivity contribution >= 4 is 45.6 Å². The summed E-state index contributed by atoms with van der Waals surface area (Å²) in [5, 5.41) is 19.9. The molecular formula is C27H25FN8O. The standard InChI is InChI=1S/C27H25FN8O/c1-16-26(37)36(19-9-5-6-17(12-19)13-29)23-15-30-27(33-25(23)35(16)18-7-3-2-4-8-18)32-22-11-10-21(28)24-20(22)14-31-34-24/h5-6,9-12,14-16,18H,2-4,7-8H2,1H3,(H,31,34)(H,30,32,33)/t16-/m1/s1. The average Bonchev–Trinajstić information content (AvgIpc) is 3.43. The molecule has 2 aromatic heterocycles. The van der Waals surface area contributed by atoms with Gasteiger partial charge in [-0.25, -0.2) is 9.37 Å². The molecule has 6 rings (SSSR count). The largest absolute Gasteiger partial charge is 0.340 e. The Morgan fingerprint density at radius 1 is 1.16 bits per heavy atom. The molecular weight excluding hydrogens is 471 g/mol. The number of H-pyrrole nitrogens is 1. The Kier molecular flexibility index (Phi) is 5.68. The number of anilines is 5. The number of aromatic amines is 1. The van der Waals surface area contributed by atoms with Gasteiger partial charge in [0.25, 0.3) is 5.91 Å². The number of rotatable bonds is 4. The zero-order valence-corrected chi connectivity index (χ0v) is 20.3. The van der Waals surface area contributed by atoms with Crippen molar-refractivity contribution in [2.45, 2.75) is 51.1 Å². The number of nitrogens with one attached hydrogen (secondary N) is 2. The number of aromatic nitrogens is 4.